The number of hydrogen-bond donors (Lipinski definition) is 0. The number of nitrogens with zero attached hydrogens (tertiary/aromatic N) is 4. The second kappa shape index (κ2) is 16.3. The molecule has 0 unspecified atom stereocenters. The van der Waals surface area contributed by atoms with Crippen LogP contribution in [-0.2, 0) is 19.0 Å². The smallest absolute Gasteiger partial charge is 0.340 e. The predicted octanol–water partition coefficient (Wildman–Crippen LogP) is 8.70. The molecule has 0 spiro atoms. The van der Waals surface area contributed by atoms with Gasteiger partial charge in [-0.1, -0.05) is 30.4 Å². The number of esters is 1. The molecule has 52 heavy (non-hydrogen) atoms. The van der Waals surface area contributed by atoms with Gasteiger partial charge in [-0.3, -0.25) is 0 Å². The van der Waals surface area contributed by atoms with E-state index in [4.69, 9.17) is 33.8 Å². The van der Waals surface area contributed by atoms with E-state index in [0.717, 1.165) is 59.0 Å². The van der Waals surface area contributed by atoms with Crippen molar-refractivity contribution in [3.05, 3.63) is 85.1 Å². The summed E-state index contributed by atoms with van der Waals surface area (Å²) >= 11 is 0. The summed E-state index contributed by atoms with van der Waals surface area (Å²) in [6, 6.07) is 16.0. The number of carbonyl (C=O) groups is 1. The fraction of sp³-hybridized carbons (Fsp3) is 0.452. The first kappa shape index (κ1) is 38.6. The number of anilines is 1. The quantitative estimate of drug-likeness (QED) is 0.0887. The summed E-state index contributed by atoms with van der Waals surface area (Å²) in [6.07, 6.45) is 4.86. The van der Waals surface area contributed by atoms with Gasteiger partial charge in [0.05, 0.1) is 48.9 Å². The normalized spacial score (nSPS) is 15.6. The van der Waals surface area contributed by atoms with E-state index in [0.29, 0.717) is 36.6 Å². The summed E-state index contributed by atoms with van der Waals surface area (Å²) in [5, 5.41) is 5.19. The summed E-state index contributed by atoms with van der Waals surface area (Å²) in [5.74, 6) is 1.79. The van der Waals surface area contributed by atoms with Gasteiger partial charge in [-0.15, -0.1) is 13.2 Å². The average molecular weight is 711 g/mol. The van der Waals surface area contributed by atoms with E-state index in [-0.39, 0.29) is 18.3 Å². The largest absolute Gasteiger partial charge is 0.497 e. The van der Waals surface area contributed by atoms with Crippen molar-refractivity contribution in [2.75, 3.05) is 38.3 Å². The van der Waals surface area contributed by atoms with Crippen LogP contribution in [0.5, 0.6) is 11.5 Å². The first-order valence-corrected chi connectivity index (χ1v) is 18.1. The van der Waals surface area contributed by atoms with Crippen LogP contribution in [0.3, 0.4) is 0 Å². The van der Waals surface area contributed by atoms with Gasteiger partial charge in [0.1, 0.15) is 17.3 Å². The highest BCUT2D eigenvalue weighted by Crippen LogP contribution is 2.40. The topological polar surface area (TPSA) is 96.7 Å². The van der Waals surface area contributed by atoms with E-state index in [1.54, 1.807) is 20.1 Å². The molecule has 1 aliphatic heterocycles. The van der Waals surface area contributed by atoms with Gasteiger partial charge in [-0.2, -0.15) is 9.61 Å². The van der Waals surface area contributed by atoms with Gasteiger partial charge in [0.15, 0.2) is 11.8 Å². The Kier molecular flexibility index (Phi) is 12.1. The number of aromatic nitrogens is 3. The molecule has 4 aromatic rings. The van der Waals surface area contributed by atoms with Crippen molar-refractivity contribution >= 4 is 17.4 Å². The minimum Gasteiger partial charge on any atom is -0.497 e. The minimum atomic E-state index is -1.01. The lowest BCUT2D eigenvalue weighted by Crippen LogP contribution is -2.45. The third kappa shape index (κ3) is 8.85. The molecule has 0 saturated carbocycles. The van der Waals surface area contributed by atoms with Crippen molar-refractivity contribution < 1.29 is 28.5 Å². The molecule has 10 nitrogen and oxygen atoms in total. The highest BCUT2D eigenvalue weighted by atomic mass is 16.6. The van der Waals surface area contributed by atoms with Crippen LogP contribution < -0.4 is 14.4 Å². The molecular weight excluding hydrogens is 656 g/mol. The lowest BCUT2D eigenvalue weighted by Gasteiger charge is -2.41. The third-order valence-electron chi connectivity index (χ3n) is 9.19. The van der Waals surface area contributed by atoms with Crippen molar-refractivity contribution in [1.82, 2.24) is 14.6 Å². The van der Waals surface area contributed by atoms with E-state index in [2.05, 4.69) is 37.1 Å². The van der Waals surface area contributed by atoms with E-state index >= 15 is 0 Å². The van der Waals surface area contributed by atoms with Gasteiger partial charge in [0.25, 0.3) is 0 Å². The molecule has 0 N–H and O–H groups in total. The molecular formula is C42H54N4O6. The van der Waals surface area contributed by atoms with Gasteiger partial charge < -0.3 is 28.6 Å². The van der Waals surface area contributed by atoms with Crippen LogP contribution in [0.4, 0.5) is 5.82 Å². The van der Waals surface area contributed by atoms with Crippen LogP contribution in [0.1, 0.15) is 78.2 Å². The van der Waals surface area contributed by atoms with Gasteiger partial charge in [-0.25, -0.2) is 9.78 Å². The Labute approximate surface area is 308 Å². The summed E-state index contributed by atoms with van der Waals surface area (Å²) in [4.78, 5) is 20.9. The number of piperidine rings is 1. The van der Waals surface area contributed by atoms with Gasteiger partial charge in [0, 0.05) is 42.4 Å². The second-order valence-corrected chi connectivity index (χ2v) is 14.5. The number of benzene rings is 2. The first-order valence-electron chi connectivity index (χ1n) is 18.1. The maximum Gasteiger partial charge on any atom is 0.340 e. The standard InChI is InChI=1S/C42H54N4O6/c1-11-15-28(4)51-35-19-18-32(48-10)26-33(35)30-16-14-17-31(25-30)34-27-36-43-29(5)37(38(40(47)49-13-3)52-41(6,7)8)39(46(36)44-34)45-22-20-42(9,21-23-45)50-24-12-2/h11-12,14,16-19,25-28,38H,1-2,13,15,20-24H2,3-10H3/t28-,38-/m0/s1. The molecule has 0 bridgehead atoms. The number of ether oxygens (including phenoxy) is 5. The molecule has 3 heterocycles. The average Bonchev–Trinajstić information content (AvgIpc) is 3.53. The molecule has 10 heteroatoms. The van der Waals surface area contributed by atoms with Gasteiger partial charge in [0.2, 0.25) is 0 Å². The van der Waals surface area contributed by atoms with E-state index in [1.807, 2.05) is 81.6 Å². The molecule has 0 amide bonds. The Balaban J connectivity index is 1.65. The number of rotatable bonds is 15. The molecule has 1 saturated heterocycles. The Bertz CT molecular complexity index is 1890. The first-order chi connectivity index (χ1) is 24.8. The molecule has 1 fully saturated rings. The molecule has 1 aliphatic rings. The van der Waals surface area contributed by atoms with Crippen LogP contribution in [0.2, 0.25) is 0 Å². The summed E-state index contributed by atoms with van der Waals surface area (Å²) in [5.41, 5.74) is 4.54. The van der Waals surface area contributed by atoms with Gasteiger partial charge >= 0.3 is 5.97 Å². The Morgan fingerprint density at radius 2 is 1.79 bits per heavy atom. The molecule has 278 valence electrons. The van der Waals surface area contributed by atoms with E-state index in [1.165, 1.54) is 0 Å². The Hall–Kier alpha value is -4.67. The molecule has 2 aromatic carbocycles. The number of fused-ring (bicyclic) bond motifs is 1. The van der Waals surface area contributed by atoms with E-state index in [9.17, 15) is 4.79 Å². The fourth-order valence-corrected chi connectivity index (χ4v) is 6.57. The summed E-state index contributed by atoms with van der Waals surface area (Å²) < 4.78 is 32.1. The number of carbonyl (C=O) groups excluding carboxylic acids is 1. The van der Waals surface area contributed by atoms with Crippen LogP contribution in [-0.4, -0.2) is 71.3 Å². The number of hydrogen-bond acceptors (Lipinski definition) is 9. The van der Waals surface area contributed by atoms with Crippen LogP contribution in [0.25, 0.3) is 28.0 Å². The highest BCUT2D eigenvalue weighted by molar-refractivity contribution is 5.81. The second-order valence-electron chi connectivity index (χ2n) is 14.5. The van der Waals surface area contributed by atoms with Crippen molar-refractivity contribution in [2.24, 2.45) is 0 Å². The molecule has 2 atom stereocenters. The SMILES string of the molecule is C=CCOC1(C)CCN(c2c([C@H](OC(C)(C)C)C(=O)OCC)c(C)nc3cc(-c4cccc(-c5cc(OC)ccc5O[C@@H](C)CC=C)c4)nn23)CC1. The lowest BCUT2D eigenvalue weighted by molar-refractivity contribution is -0.166. The zero-order valence-electron chi connectivity index (χ0n) is 32.0. The third-order valence-corrected chi connectivity index (χ3v) is 9.19. The Morgan fingerprint density at radius 3 is 2.44 bits per heavy atom. The molecule has 0 aliphatic carbocycles. The maximum atomic E-state index is 13.7. The monoisotopic (exact) mass is 710 g/mol. The van der Waals surface area contributed by atoms with Gasteiger partial charge in [-0.05, 0) is 91.1 Å². The number of aryl methyl sites for hydroxylation is 1. The van der Waals surface area contributed by atoms with Crippen LogP contribution in [0.15, 0.2) is 73.8 Å². The van der Waals surface area contributed by atoms with Crippen molar-refractivity contribution in [3.8, 4) is 33.9 Å². The zero-order valence-corrected chi connectivity index (χ0v) is 32.0. The molecule has 0 radical (unpaired) electrons. The lowest BCUT2D eigenvalue weighted by atomic mass is 9.92. The van der Waals surface area contributed by atoms with Crippen molar-refractivity contribution in [2.45, 2.75) is 91.1 Å². The predicted molar refractivity (Wildman–Crippen MR) is 206 cm³/mol. The Morgan fingerprint density at radius 1 is 1.06 bits per heavy atom. The van der Waals surface area contributed by atoms with Crippen LogP contribution in [0, 0.1) is 6.92 Å². The maximum absolute atomic E-state index is 13.7. The molecule has 5 rings (SSSR count). The highest BCUT2D eigenvalue weighted by Gasteiger charge is 2.38. The summed E-state index contributed by atoms with van der Waals surface area (Å²) in [7, 11) is 1.66. The van der Waals surface area contributed by atoms with E-state index < -0.39 is 17.7 Å². The number of methoxy groups -OCH3 is 1. The van der Waals surface area contributed by atoms with Crippen molar-refractivity contribution in [3.63, 3.8) is 0 Å². The van der Waals surface area contributed by atoms with Crippen molar-refractivity contribution in [1.29, 1.82) is 0 Å². The minimum absolute atomic E-state index is 0.0462. The van der Waals surface area contributed by atoms with Crippen LogP contribution >= 0.6 is 0 Å². The fourth-order valence-electron chi connectivity index (χ4n) is 6.57. The molecule has 2 aromatic heterocycles. The summed E-state index contributed by atoms with van der Waals surface area (Å²) in [6.45, 7) is 23.4. The zero-order chi connectivity index (χ0) is 37.6.